The molecule has 6 nitrogen and oxygen atoms in total. The van der Waals surface area contributed by atoms with E-state index in [1.54, 1.807) is 0 Å². The summed E-state index contributed by atoms with van der Waals surface area (Å²) in [7, 11) is 0. The Morgan fingerprint density at radius 1 is 1.30 bits per heavy atom. The molecule has 1 aromatic rings. The van der Waals surface area contributed by atoms with E-state index >= 15 is 0 Å². The standard InChI is InChI=1S/C17H21NO5/c1-11(2)14-10-23-17(22)18(14)16(21)13(9-15(19)20)8-12-6-4-3-5-7-12/h3-7,11,13-14H,8-10H2,1-2H3,(H,19,20)/t13-,14-/m1/s1. The van der Waals surface area contributed by atoms with Gasteiger partial charge in [-0.3, -0.25) is 9.59 Å². The van der Waals surface area contributed by atoms with Crippen LogP contribution in [0.1, 0.15) is 25.8 Å². The largest absolute Gasteiger partial charge is 0.481 e. The molecule has 0 unspecified atom stereocenters. The number of carboxylic acids is 1. The van der Waals surface area contributed by atoms with Crippen LogP contribution in [0, 0.1) is 11.8 Å². The highest BCUT2D eigenvalue weighted by Gasteiger charge is 2.42. The zero-order valence-electron chi connectivity index (χ0n) is 13.3. The number of amides is 2. The summed E-state index contributed by atoms with van der Waals surface area (Å²) >= 11 is 0. The molecule has 0 aromatic heterocycles. The topological polar surface area (TPSA) is 83.9 Å². The van der Waals surface area contributed by atoms with E-state index in [0.717, 1.165) is 10.5 Å². The number of carbonyl (C=O) groups excluding carboxylic acids is 2. The minimum atomic E-state index is -1.06. The van der Waals surface area contributed by atoms with Crippen LogP contribution in [0.4, 0.5) is 4.79 Å². The van der Waals surface area contributed by atoms with Crippen molar-refractivity contribution in [2.24, 2.45) is 11.8 Å². The highest BCUT2D eigenvalue weighted by Crippen LogP contribution is 2.24. The van der Waals surface area contributed by atoms with Crippen LogP contribution in [0.3, 0.4) is 0 Å². The van der Waals surface area contributed by atoms with Crippen LogP contribution in [0.5, 0.6) is 0 Å². The fraction of sp³-hybridized carbons (Fsp3) is 0.471. The maximum atomic E-state index is 12.8. The van der Waals surface area contributed by atoms with Crippen molar-refractivity contribution in [3.05, 3.63) is 35.9 Å². The zero-order chi connectivity index (χ0) is 17.0. The molecular formula is C17H21NO5. The summed E-state index contributed by atoms with van der Waals surface area (Å²) in [6, 6.07) is 8.85. The first kappa shape index (κ1) is 17.0. The lowest BCUT2D eigenvalue weighted by atomic mass is 9.93. The molecule has 1 heterocycles. The van der Waals surface area contributed by atoms with Crippen molar-refractivity contribution < 1.29 is 24.2 Å². The summed E-state index contributed by atoms with van der Waals surface area (Å²) in [6.45, 7) is 3.96. The Morgan fingerprint density at radius 2 is 1.96 bits per heavy atom. The molecule has 23 heavy (non-hydrogen) atoms. The third-order valence-corrected chi connectivity index (χ3v) is 4.01. The number of carboxylic acid groups (broad SMARTS) is 1. The maximum absolute atomic E-state index is 12.8. The Hall–Kier alpha value is -2.37. The quantitative estimate of drug-likeness (QED) is 0.870. The first-order valence-corrected chi connectivity index (χ1v) is 7.65. The van der Waals surface area contributed by atoms with E-state index in [1.807, 2.05) is 44.2 Å². The number of cyclic esters (lactones) is 1. The van der Waals surface area contributed by atoms with Gasteiger partial charge in [-0.1, -0.05) is 44.2 Å². The van der Waals surface area contributed by atoms with Crippen LogP contribution in [0.2, 0.25) is 0 Å². The normalized spacial score (nSPS) is 18.8. The van der Waals surface area contributed by atoms with E-state index in [-0.39, 0.29) is 31.4 Å². The molecule has 6 heteroatoms. The van der Waals surface area contributed by atoms with E-state index < -0.39 is 23.9 Å². The molecule has 1 fully saturated rings. The second-order valence-corrected chi connectivity index (χ2v) is 6.08. The Bertz CT molecular complexity index is 584. The predicted molar refractivity (Wildman–Crippen MR) is 82.7 cm³/mol. The molecule has 0 radical (unpaired) electrons. The minimum Gasteiger partial charge on any atom is -0.481 e. The molecule has 124 valence electrons. The lowest BCUT2D eigenvalue weighted by Crippen LogP contribution is -2.45. The minimum absolute atomic E-state index is 0.0487. The summed E-state index contributed by atoms with van der Waals surface area (Å²) in [4.78, 5) is 36.9. The molecule has 0 bridgehead atoms. The van der Waals surface area contributed by atoms with Gasteiger partial charge in [0.05, 0.1) is 18.4 Å². The van der Waals surface area contributed by atoms with Gasteiger partial charge in [0.15, 0.2) is 0 Å². The number of benzene rings is 1. The number of carbonyl (C=O) groups is 3. The molecule has 0 saturated carbocycles. The average molecular weight is 319 g/mol. The summed E-state index contributed by atoms with van der Waals surface area (Å²) in [5.74, 6) is -2.28. The van der Waals surface area contributed by atoms with E-state index in [4.69, 9.17) is 9.84 Å². The van der Waals surface area contributed by atoms with Crippen LogP contribution in [0.25, 0.3) is 0 Å². The van der Waals surface area contributed by atoms with Crippen LogP contribution in [-0.2, 0) is 20.7 Å². The van der Waals surface area contributed by atoms with Gasteiger partial charge >= 0.3 is 12.1 Å². The summed E-state index contributed by atoms with van der Waals surface area (Å²) < 4.78 is 4.98. The van der Waals surface area contributed by atoms with Gasteiger partial charge in [0.1, 0.15) is 6.61 Å². The highest BCUT2D eigenvalue weighted by atomic mass is 16.6. The monoisotopic (exact) mass is 319 g/mol. The number of rotatable bonds is 6. The first-order chi connectivity index (χ1) is 10.9. The van der Waals surface area contributed by atoms with Gasteiger partial charge < -0.3 is 9.84 Å². The van der Waals surface area contributed by atoms with Gasteiger partial charge in [-0.05, 0) is 17.9 Å². The molecule has 2 rings (SSSR count). The molecule has 0 aliphatic carbocycles. The SMILES string of the molecule is CC(C)[C@H]1COC(=O)N1C(=O)[C@@H](CC(=O)O)Cc1ccccc1. The Kier molecular flexibility index (Phi) is 5.36. The lowest BCUT2D eigenvalue weighted by molar-refractivity contribution is -0.144. The van der Waals surface area contributed by atoms with Crippen molar-refractivity contribution >= 4 is 18.0 Å². The van der Waals surface area contributed by atoms with Crippen molar-refractivity contribution in [1.29, 1.82) is 0 Å². The van der Waals surface area contributed by atoms with E-state index in [1.165, 1.54) is 0 Å². The Labute approximate surface area is 135 Å². The molecule has 1 N–H and O–H groups in total. The number of hydrogen-bond donors (Lipinski definition) is 1. The predicted octanol–water partition coefficient (Wildman–Crippen LogP) is 2.32. The van der Waals surface area contributed by atoms with Crippen LogP contribution in [0.15, 0.2) is 30.3 Å². The van der Waals surface area contributed by atoms with Gasteiger partial charge in [-0.25, -0.2) is 9.69 Å². The molecule has 1 aliphatic rings. The van der Waals surface area contributed by atoms with Gasteiger partial charge in [0.2, 0.25) is 5.91 Å². The van der Waals surface area contributed by atoms with Crippen LogP contribution >= 0.6 is 0 Å². The van der Waals surface area contributed by atoms with E-state index in [2.05, 4.69) is 0 Å². The second-order valence-electron chi connectivity index (χ2n) is 6.08. The summed E-state index contributed by atoms with van der Waals surface area (Å²) in [5.41, 5.74) is 0.862. The summed E-state index contributed by atoms with van der Waals surface area (Å²) in [5, 5.41) is 9.11. The smallest absolute Gasteiger partial charge is 0.416 e. The molecule has 1 saturated heterocycles. The fourth-order valence-electron chi connectivity index (χ4n) is 2.73. The molecule has 2 amide bonds. The summed E-state index contributed by atoms with van der Waals surface area (Å²) in [6.07, 6.45) is -0.722. The van der Waals surface area contributed by atoms with E-state index in [9.17, 15) is 14.4 Å². The number of nitrogens with zero attached hydrogens (tertiary/aromatic N) is 1. The third kappa shape index (κ3) is 4.09. The number of aliphatic carboxylic acids is 1. The van der Waals surface area contributed by atoms with Crippen molar-refractivity contribution in [3.8, 4) is 0 Å². The number of hydrogen-bond acceptors (Lipinski definition) is 4. The molecular weight excluding hydrogens is 298 g/mol. The molecule has 1 aromatic carbocycles. The van der Waals surface area contributed by atoms with Crippen LogP contribution < -0.4 is 0 Å². The number of ether oxygens (including phenoxy) is 1. The van der Waals surface area contributed by atoms with Gasteiger partial charge in [-0.2, -0.15) is 0 Å². The van der Waals surface area contributed by atoms with Gasteiger partial charge in [0, 0.05) is 0 Å². The molecule has 0 spiro atoms. The Morgan fingerprint density at radius 3 is 2.52 bits per heavy atom. The van der Waals surface area contributed by atoms with Crippen molar-refractivity contribution in [2.45, 2.75) is 32.7 Å². The lowest BCUT2D eigenvalue weighted by Gasteiger charge is -2.26. The van der Waals surface area contributed by atoms with Crippen molar-refractivity contribution in [1.82, 2.24) is 4.90 Å². The van der Waals surface area contributed by atoms with Crippen molar-refractivity contribution in [2.75, 3.05) is 6.61 Å². The first-order valence-electron chi connectivity index (χ1n) is 7.65. The zero-order valence-corrected chi connectivity index (χ0v) is 13.3. The van der Waals surface area contributed by atoms with Crippen LogP contribution in [-0.4, -0.2) is 40.6 Å². The van der Waals surface area contributed by atoms with E-state index in [0.29, 0.717) is 0 Å². The van der Waals surface area contributed by atoms with Crippen molar-refractivity contribution in [3.63, 3.8) is 0 Å². The molecule has 2 atom stereocenters. The third-order valence-electron chi connectivity index (χ3n) is 4.01. The second kappa shape index (κ2) is 7.26. The highest BCUT2D eigenvalue weighted by molar-refractivity contribution is 5.96. The van der Waals surface area contributed by atoms with Gasteiger partial charge in [0.25, 0.3) is 0 Å². The Balaban J connectivity index is 2.21. The fourth-order valence-corrected chi connectivity index (χ4v) is 2.73. The van der Waals surface area contributed by atoms with Gasteiger partial charge in [-0.15, -0.1) is 0 Å². The molecule has 1 aliphatic heterocycles. The average Bonchev–Trinajstić information content (AvgIpc) is 2.88. The number of imide groups is 1. The maximum Gasteiger partial charge on any atom is 0.416 e.